The number of hydrogen-bond acceptors (Lipinski definition) is 2. The summed E-state index contributed by atoms with van der Waals surface area (Å²) in [5.41, 5.74) is 0.588. The first-order chi connectivity index (χ1) is 6.22. The third-order valence-corrected chi connectivity index (χ3v) is 2.80. The first kappa shape index (κ1) is 12.9. The molecule has 0 bridgehead atoms. The molecule has 1 heterocycles. The maximum atomic E-state index is 5.09. The van der Waals surface area contributed by atoms with Crippen LogP contribution in [0.1, 0.15) is 33.6 Å². The van der Waals surface area contributed by atoms with Crippen molar-refractivity contribution in [2.75, 3.05) is 33.9 Å². The number of likely N-dealkylation sites (tertiary alicyclic amines) is 1. The highest BCUT2D eigenvalue weighted by atomic mass is 16.5. The molecule has 80 valence electrons. The average Bonchev–Trinajstić information content (AvgIpc) is 2.14. The zero-order valence-corrected chi connectivity index (χ0v) is 9.89. The second-order valence-corrected chi connectivity index (χ2v) is 3.77. The van der Waals surface area contributed by atoms with Crippen LogP contribution in [0.3, 0.4) is 0 Å². The van der Waals surface area contributed by atoms with Crippen molar-refractivity contribution in [3.63, 3.8) is 0 Å². The predicted molar refractivity (Wildman–Crippen MR) is 58.1 cm³/mol. The molecule has 2 heteroatoms. The Bertz CT molecular complexity index is 119. The molecule has 0 aromatic heterocycles. The van der Waals surface area contributed by atoms with E-state index in [0.29, 0.717) is 5.41 Å². The summed E-state index contributed by atoms with van der Waals surface area (Å²) in [5.74, 6) is 0. The lowest BCUT2D eigenvalue weighted by molar-refractivity contribution is -0.00768. The van der Waals surface area contributed by atoms with E-state index in [0.717, 1.165) is 6.61 Å². The molecule has 0 saturated carbocycles. The van der Waals surface area contributed by atoms with E-state index in [1.165, 1.54) is 25.9 Å². The van der Waals surface area contributed by atoms with Crippen LogP contribution in [-0.2, 0) is 4.74 Å². The van der Waals surface area contributed by atoms with Gasteiger partial charge in [0.1, 0.15) is 0 Å². The van der Waals surface area contributed by atoms with E-state index in [1.54, 1.807) is 7.11 Å². The molecule has 0 aliphatic carbocycles. The minimum atomic E-state index is 0.588. The number of rotatable bonds is 4. The zero-order chi connectivity index (χ0) is 10.3. The fraction of sp³-hybridized carbons (Fsp3) is 1.00. The van der Waals surface area contributed by atoms with Crippen molar-refractivity contribution < 1.29 is 4.74 Å². The molecule has 0 N–H and O–H groups in total. The molecule has 2 nitrogen and oxygen atoms in total. The van der Waals surface area contributed by atoms with Crippen LogP contribution in [-0.4, -0.2) is 38.8 Å². The van der Waals surface area contributed by atoms with Gasteiger partial charge in [-0.1, -0.05) is 20.8 Å². The highest BCUT2D eigenvalue weighted by Crippen LogP contribution is 2.35. The molecule has 13 heavy (non-hydrogen) atoms. The molecule has 1 aliphatic heterocycles. The van der Waals surface area contributed by atoms with Crippen molar-refractivity contribution in [3.8, 4) is 0 Å². The summed E-state index contributed by atoms with van der Waals surface area (Å²) in [6, 6.07) is 0. The van der Waals surface area contributed by atoms with E-state index in [9.17, 15) is 0 Å². The lowest BCUT2D eigenvalue weighted by Gasteiger charge is -2.48. The highest BCUT2D eigenvalue weighted by Gasteiger charge is 2.38. The van der Waals surface area contributed by atoms with Crippen LogP contribution >= 0.6 is 0 Å². The van der Waals surface area contributed by atoms with E-state index in [-0.39, 0.29) is 0 Å². The Balaban J connectivity index is 0.000000671. The van der Waals surface area contributed by atoms with Gasteiger partial charge in [0.15, 0.2) is 0 Å². The second-order valence-electron chi connectivity index (χ2n) is 3.77. The predicted octanol–water partition coefficient (Wildman–Crippen LogP) is 2.39. The Hall–Kier alpha value is -0.0800. The minimum absolute atomic E-state index is 0.588. The third-order valence-electron chi connectivity index (χ3n) is 2.80. The van der Waals surface area contributed by atoms with E-state index >= 15 is 0 Å². The Morgan fingerprint density at radius 1 is 1.31 bits per heavy atom. The van der Waals surface area contributed by atoms with Crippen molar-refractivity contribution in [2.24, 2.45) is 5.41 Å². The Morgan fingerprint density at radius 3 is 2.15 bits per heavy atom. The molecule has 0 spiro atoms. The van der Waals surface area contributed by atoms with E-state index in [2.05, 4.69) is 18.9 Å². The van der Waals surface area contributed by atoms with Crippen LogP contribution in [0, 0.1) is 5.41 Å². The van der Waals surface area contributed by atoms with E-state index < -0.39 is 0 Å². The largest absolute Gasteiger partial charge is 0.385 e. The van der Waals surface area contributed by atoms with Gasteiger partial charge in [0.05, 0.1) is 0 Å². The molecule has 0 aromatic rings. The average molecular weight is 187 g/mol. The molecule has 0 atom stereocenters. The van der Waals surface area contributed by atoms with E-state index in [1.807, 2.05) is 13.8 Å². The van der Waals surface area contributed by atoms with Gasteiger partial charge in [-0.3, -0.25) is 0 Å². The molecule has 0 radical (unpaired) electrons. The first-order valence-electron chi connectivity index (χ1n) is 5.40. The van der Waals surface area contributed by atoms with Crippen LogP contribution in [0.25, 0.3) is 0 Å². The number of hydrogen-bond donors (Lipinski definition) is 0. The minimum Gasteiger partial charge on any atom is -0.385 e. The van der Waals surface area contributed by atoms with Gasteiger partial charge in [0.25, 0.3) is 0 Å². The Labute approximate surface area is 83.3 Å². The van der Waals surface area contributed by atoms with Crippen molar-refractivity contribution in [3.05, 3.63) is 0 Å². The summed E-state index contributed by atoms with van der Waals surface area (Å²) in [6.07, 6.45) is 2.52. The fourth-order valence-corrected chi connectivity index (χ4v) is 1.98. The summed E-state index contributed by atoms with van der Waals surface area (Å²) < 4.78 is 5.09. The van der Waals surface area contributed by atoms with Gasteiger partial charge < -0.3 is 9.64 Å². The van der Waals surface area contributed by atoms with Crippen LogP contribution in [0.5, 0.6) is 0 Å². The van der Waals surface area contributed by atoms with Gasteiger partial charge in [0.2, 0.25) is 0 Å². The lowest BCUT2D eigenvalue weighted by atomic mass is 9.75. The normalized spacial score (nSPS) is 20.1. The third kappa shape index (κ3) is 3.65. The molecule has 0 unspecified atom stereocenters. The van der Waals surface area contributed by atoms with Crippen LogP contribution in [0.2, 0.25) is 0 Å². The monoisotopic (exact) mass is 187 g/mol. The molecular formula is C11H25NO. The standard InChI is InChI=1S/C9H19NO.C2H6/c1-4-9(5-6-11-3)7-10(2)8-9;1-2/h4-8H2,1-3H3;1-2H3. The lowest BCUT2D eigenvalue weighted by Crippen LogP contribution is -2.54. The summed E-state index contributed by atoms with van der Waals surface area (Å²) in [5, 5.41) is 0. The quantitative estimate of drug-likeness (QED) is 0.670. The Kier molecular flexibility index (Phi) is 6.35. The molecule has 0 amide bonds. The van der Waals surface area contributed by atoms with Gasteiger partial charge in [-0.15, -0.1) is 0 Å². The maximum absolute atomic E-state index is 5.09. The summed E-state index contributed by atoms with van der Waals surface area (Å²) in [4.78, 5) is 2.37. The van der Waals surface area contributed by atoms with Crippen molar-refractivity contribution in [2.45, 2.75) is 33.6 Å². The maximum Gasteiger partial charge on any atom is 0.0468 e. The highest BCUT2D eigenvalue weighted by molar-refractivity contribution is 4.91. The summed E-state index contributed by atoms with van der Waals surface area (Å²) >= 11 is 0. The number of methoxy groups -OCH3 is 1. The SMILES string of the molecule is CC.CCC1(CCOC)CN(C)C1. The molecule has 1 aliphatic rings. The number of nitrogens with zero attached hydrogens (tertiary/aromatic N) is 1. The molecular weight excluding hydrogens is 162 g/mol. The Morgan fingerprint density at radius 2 is 1.85 bits per heavy atom. The number of ether oxygens (including phenoxy) is 1. The first-order valence-corrected chi connectivity index (χ1v) is 5.40. The van der Waals surface area contributed by atoms with Crippen molar-refractivity contribution >= 4 is 0 Å². The smallest absolute Gasteiger partial charge is 0.0468 e. The molecule has 1 saturated heterocycles. The van der Waals surface area contributed by atoms with Gasteiger partial charge >= 0.3 is 0 Å². The van der Waals surface area contributed by atoms with Crippen molar-refractivity contribution in [1.29, 1.82) is 0 Å². The second kappa shape index (κ2) is 6.39. The van der Waals surface area contributed by atoms with Crippen molar-refractivity contribution in [1.82, 2.24) is 4.90 Å². The van der Waals surface area contributed by atoms with Gasteiger partial charge in [-0.25, -0.2) is 0 Å². The van der Waals surface area contributed by atoms with Crippen LogP contribution in [0.15, 0.2) is 0 Å². The van der Waals surface area contributed by atoms with Crippen LogP contribution in [0.4, 0.5) is 0 Å². The molecule has 1 fully saturated rings. The summed E-state index contributed by atoms with van der Waals surface area (Å²) in [6.45, 7) is 9.71. The van der Waals surface area contributed by atoms with Gasteiger partial charge in [0, 0.05) is 26.8 Å². The van der Waals surface area contributed by atoms with Gasteiger partial charge in [-0.05, 0) is 25.3 Å². The fourth-order valence-electron chi connectivity index (χ4n) is 1.98. The summed E-state index contributed by atoms with van der Waals surface area (Å²) in [7, 11) is 3.96. The zero-order valence-electron chi connectivity index (χ0n) is 9.89. The van der Waals surface area contributed by atoms with Gasteiger partial charge in [-0.2, -0.15) is 0 Å². The van der Waals surface area contributed by atoms with E-state index in [4.69, 9.17) is 4.74 Å². The van der Waals surface area contributed by atoms with Crippen LogP contribution < -0.4 is 0 Å². The molecule has 1 rings (SSSR count). The topological polar surface area (TPSA) is 12.5 Å². The molecule has 0 aromatic carbocycles.